The smallest absolute Gasteiger partial charge is 0.191 e. The van der Waals surface area contributed by atoms with Crippen LogP contribution in [0.2, 0.25) is 0 Å². The molecule has 1 aliphatic rings. The van der Waals surface area contributed by atoms with E-state index in [2.05, 4.69) is 24.5 Å². The van der Waals surface area contributed by atoms with E-state index in [1.54, 1.807) is 7.11 Å². The maximum absolute atomic E-state index is 5.05. The molecule has 4 heteroatoms. The average Bonchev–Trinajstić information content (AvgIpc) is 2.42. The van der Waals surface area contributed by atoms with Crippen LogP contribution >= 0.6 is 0 Å². The first-order valence-corrected chi connectivity index (χ1v) is 7.79. The number of rotatable bonds is 7. The van der Waals surface area contributed by atoms with Gasteiger partial charge < -0.3 is 15.4 Å². The summed E-state index contributed by atoms with van der Waals surface area (Å²) in [5.41, 5.74) is 0. The van der Waals surface area contributed by atoms with Gasteiger partial charge in [0.1, 0.15) is 0 Å². The zero-order valence-corrected chi connectivity index (χ0v) is 12.9. The molecular weight excluding hydrogens is 238 g/mol. The van der Waals surface area contributed by atoms with Gasteiger partial charge in [-0.15, -0.1) is 0 Å². The fourth-order valence-corrected chi connectivity index (χ4v) is 2.64. The predicted molar refractivity (Wildman–Crippen MR) is 81.6 cm³/mol. The predicted octanol–water partition coefficient (Wildman–Crippen LogP) is 2.40. The zero-order chi connectivity index (χ0) is 13.9. The fourth-order valence-electron chi connectivity index (χ4n) is 2.64. The lowest BCUT2D eigenvalue weighted by Gasteiger charge is -2.27. The molecule has 1 saturated carbocycles. The number of methoxy groups -OCH3 is 1. The number of nitrogens with one attached hydrogen (secondary N) is 2. The van der Waals surface area contributed by atoms with Gasteiger partial charge in [-0.2, -0.15) is 0 Å². The molecule has 1 fully saturated rings. The van der Waals surface area contributed by atoms with Crippen LogP contribution in [0, 0.1) is 11.8 Å². The van der Waals surface area contributed by atoms with Gasteiger partial charge in [0.05, 0.1) is 0 Å². The first kappa shape index (κ1) is 16.3. The molecule has 2 N–H and O–H groups in total. The number of hydrogen-bond donors (Lipinski definition) is 2. The monoisotopic (exact) mass is 269 g/mol. The van der Waals surface area contributed by atoms with Crippen LogP contribution in [0.25, 0.3) is 0 Å². The van der Waals surface area contributed by atoms with Crippen molar-refractivity contribution in [1.82, 2.24) is 10.6 Å². The Balaban J connectivity index is 2.33. The largest absolute Gasteiger partial charge is 0.385 e. The van der Waals surface area contributed by atoms with Gasteiger partial charge in [0, 0.05) is 33.4 Å². The molecule has 2 unspecified atom stereocenters. The number of guanidine groups is 1. The van der Waals surface area contributed by atoms with Crippen molar-refractivity contribution in [2.24, 2.45) is 16.8 Å². The summed E-state index contributed by atoms with van der Waals surface area (Å²) in [5.74, 6) is 2.55. The van der Waals surface area contributed by atoms with Crippen LogP contribution in [0.4, 0.5) is 0 Å². The van der Waals surface area contributed by atoms with Gasteiger partial charge in [-0.05, 0) is 31.6 Å². The highest BCUT2D eigenvalue weighted by Crippen LogP contribution is 2.29. The summed E-state index contributed by atoms with van der Waals surface area (Å²) >= 11 is 0. The van der Waals surface area contributed by atoms with E-state index in [0.717, 1.165) is 50.5 Å². The minimum atomic E-state index is 0.767. The van der Waals surface area contributed by atoms with Crippen LogP contribution in [0.3, 0.4) is 0 Å². The Morgan fingerprint density at radius 3 is 2.74 bits per heavy atom. The summed E-state index contributed by atoms with van der Waals surface area (Å²) in [6.45, 7) is 8.07. The van der Waals surface area contributed by atoms with Crippen molar-refractivity contribution in [2.75, 3.05) is 33.4 Å². The minimum absolute atomic E-state index is 0.767. The maximum Gasteiger partial charge on any atom is 0.191 e. The molecule has 0 aromatic heterocycles. The van der Waals surface area contributed by atoms with E-state index in [1.807, 2.05) is 0 Å². The van der Waals surface area contributed by atoms with Gasteiger partial charge >= 0.3 is 0 Å². The van der Waals surface area contributed by atoms with E-state index in [-0.39, 0.29) is 0 Å². The van der Waals surface area contributed by atoms with E-state index >= 15 is 0 Å². The van der Waals surface area contributed by atoms with E-state index < -0.39 is 0 Å². The first-order chi connectivity index (χ1) is 9.27. The summed E-state index contributed by atoms with van der Waals surface area (Å²) in [6.07, 6.45) is 6.51. The van der Waals surface area contributed by atoms with Crippen LogP contribution in [-0.4, -0.2) is 39.3 Å². The Labute approximate surface area is 118 Å². The first-order valence-electron chi connectivity index (χ1n) is 7.79. The lowest BCUT2D eigenvalue weighted by molar-refractivity contribution is 0.195. The van der Waals surface area contributed by atoms with Crippen molar-refractivity contribution >= 4 is 5.96 Å². The van der Waals surface area contributed by atoms with Gasteiger partial charge in [0.25, 0.3) is 0 Å². The number of ether oxygens (including phenoxy) is 1. The van der Waals surface area contributed by atoms with Crippen molar-refractivity contribution < 1.29 is 4.74 Å². The van der Waals surface area contributed by atoms with Crippen molar-refractivity contribution in [2.45, 2.75) is 46.0 Å². The van der Waals surface area contributed by atoms with Crippen molar-refractivity contribution in [3.05, 3.63) is 0 Å². The van der Waals surface area contributed by atoms with Crippen LogP contribution < -0.4 is 10.6 Å². The van der Waals surface area contributed by atoms with Crippen LogP contribution in [-0.2, 0) is 4.74 Å². The SMILES string of the molecule is CCNC(=NCC1CCCCC1C)NCCCOC. The highest BCUT2D eigenvalue weighted by molar-refractivity contribution is 5.79. The topological polar surface area (TPSA) is 45.7 Å². The Morgan fingerprint density at radius 1 is 1.26 bits per heavy atom. The lowest BCUT2D eigenvalue weighted by Crippen LogP contribution is -2.38. The van der Waals surface area contributed by atoms with Crippen molar-refractivity contribution in [1.29, 1.82) is 0 Å². The molecule has 0 spiro atoms. The molecule has 0 aliphatic heterocycles. The number of nitrogens with zero attached hydrogens (tertiary/aromatic N) is 1. The van der Waals surface area contributed by atoms with E-state index in [9.17, 15) is 0 Å². The standard InChI is InChI=1S/C15H31N3O/c1-4-16-15(17-10-7-11-19-3)18-12-14-9-6-5-8-13(14)2/h13-14H,4-12H2,1-3H3,(H2,16,17,18). The fraction of sp³-hybridized carbons (Fsp3) is 0.933. The molecule has 2 atom stereocenters. The molecular formula is C15H31N3O. The Bertz CT molecular complexity index is 256. The maximum atomic E-state index is 5.05. The van der Waals surface area contributed by atoms with Crippen LogP contribution in [0.5, 0.6) is 0 Å². The summed E-state index contributed by atoms with van der Waals surface area (Å²) in [6, 6.07) is 0. The highest BCUT2D eigenvalue weighted by atomic mass is 16.5. The molecule has 0 bridgehead atoms. The normalized spacial score (nSPS) is 24.3. The van der Waals surface area contributed by atoms with Crippen molar-refractivity contribution in [3.63, 3.8) is 0 Å². The molecule has 0 radical (unpaired) electrons. The van der Waals surface area contributed by atoms with Crippen LogP contribution in [0.15, 0.2) is 4.99 Å². The Kier molecular flexibility index (Phi) is 8.63. The molecule has 0 aromatic rings. The Hall–Kier alpha value is -0.770. The van der Waals surface area contributed by atoms with E-state index in [1.165, 1.54) is 25.7 Å². The van der Waals surface area contributed by atoms with Crippen molar-refractivity contribution in [3.8, 4) is 0 Å². The molecule has 0 saturated heterocycles. The second kappa shape index (κ2) is 10.1. The lowest BCUT2D eigenvalue weighted by atomic mass is 9.80. The molecule has 1 aliphatic carbocycles. The molecule has 0 aromatic carbocycles. The molecule has 0 heterocycles. The summed E-state index contributed by atoms with van der Waals surface area (Å²) in [4.78, 5) is 4.74. The molecule has 1 rings (SSSR count). The van der Waals surface area contributed by atoms with Gasteiger partial charge in [0.15, 0.2) is 5.96 Å². The zero-order valence-electron chi connectivity index (χ0n) is 12.9. The third-order valence-corrected chi connectivity index (χ3v) is 3.93. The van der Waals surface area contributed by atoms with Gasteiger partial charge in [0.2, 0.25) is 0 Å². The molecule has 4 nitrogen and oxygen atoms in total. The van der Waals surface area contributed by atoms with Gasteiger partial charge in [-0.1, -0.05) is 26.2 Å². The number of aliphatic imine (C=N–C) groups is 1. The van der Waals surface area contributed by atoms with Gasteiger partial charge in [-0.25, -0.2) is 0 Å². The Morgan fingerprint density at radius 2 is 2.05 bits per heavy atom. The summed E-state index contributed by atoms with van der Waals surface area (Å²) in [5, 5.41) is 6.68. The molecule has 19 heavy (non-hydrogen) atoms. The van der Waals surface area contributed by atoms with E-state index in [0.29, 0.717) is 0 Å². The average molecular weight is 269 g/mol. The second-order valence-electron chi connectivity index (χ2n) is 5.51. The van der Waals surface area contributed by atoms with Gasteiger partial charge in [-0.3, -0.25) is 4.99 Å². The summed E-state index contributed by atoms with van der Waals surface area (Å²) < 4.78 is 5.05. The van der Waals surface area contributed by atoms with E-state index in [4.69, 9.17) is 9.73 Å². The molecule has 112 valence electrons. The minimum Gasteiger partial charge on any atom is -0.385 e. The third kappa shape index (κ3) is 6.81. The second-order valence-corrected chi connectivity index (χ2v) is 5.51. The molecule has 0 amide bonds. The number of hydrogen-bond acceptors (Lipinski definition) is 2. The van der Waals surface area contributed by atoms with Crippen LogP contribution in [0.1, 0.15) is 46.0 Å². The third-order valence-electron chi connectivity index (χ3n) is 3.93. The quantitative estimate of drug-likeness (QED) is 0.424. The summed E-state index contributed by atoms with van der Waals surface area (Å²) in [7, 11) is 1.74. The highest BCUT2D eigenvalue weighted by Gasteiger charge is 2.20.